The van der Waals surface area contributed by atoms with Crippen LogP contribution in [0.1, 0.15) is 16.4 Å². The largest absolute Gasteiger partial charge is 1.00 e. The molecular formula is C9H8FNNaO4S. The van der Waals surface area contributed by atoms with Gasteiger partial charge in [0.05, 0.1) is 0 Å². The minimum Gasteiger partial charge on any atom is -0.747 e. The maximum atomic E-state index is 12.9. The van der Waals surface area contributed by atoms with Crippen molar-refractivity contribution in [1.29, 1.82) is 0 Å². The van der Waals surface area contributed by atoms with Crippen molar-refractivity contribution in [2.45, 2.75) is 12.2 Å². The van der Waals surface area contributed by atoms with E-state index in [9.17, 15) is 22.2 Å². The van der Waals surface area contributed by atoms with Crippen LogP contribution in [0.15, 0.2) is 18.2 Å². The first-order chi connectivity index (χ1) is 7.23. The van der Waals surface area contributed by atoms with Crippen LogP contribution in [0.2, 0.25) is 0 Å². The molecule has 0 spiro atoms. The molecule has 1 unspecified atom stereocenters. The number of nitrogens with one attached hydrogen (secondary N) is 1. The van der Waals surface area contributed by atoms with Crippen LogP contribution in [0.5, 0.6) is 0 Å². The molecule has 0 aliphatic heterocycles. The monoisotopic (exact) mass is 268 g/mol. The van der Waals surface area contributed by atoms with Gasteiger partial charge in [-0.2, -0.15) is 0 Å². The molecule has 87 valence electrons. The van der Waals surface area contributed by atoms with Gasteiger partial charge < -0.3 is 4.55 Å². The normalized spacial score (nSPS) is 12.6. The fourth-order valence-electron chi connectivity index (χ4n) is 1.28. The number of hydrogen-bond donors (Lipinski definition) is 0. The summed E-state index contributed by atoms with van der Waals surface area (Å²) < 4.78 is 45.2. The minimum atomic E-state index is -4.96. The first kappa shape index (κ1) is 16.5. The van der Waals surface area contributed by atoms with Gasteiger partial charge in [0.1, 0.15) is 15.9 Å². The van der Waals surface area contributed by atoms with Crippen molar-refractivity contribution in [2.75, 3.05) is 0 Å². The van der Waals surface area contributed by atoms with Crippen LogP contribution in [0.25, 0.3) is 0 Å². The summed E-state index contributed by atoms with van der Waals surface area (Å²) in [6.07, 6.45) is 0. The van der Waals surface area contributed by atoms with E-state index < -0.39 is 27.1 Å². The van der Waals surface area contributed by atoms with E-state index in [4.69, 9.17) is 5.73 Å². The van der Waals surface area contributed by atoms with E-state index in [2.05, 4.69) is 0 Å². The maximum Gasteiger partial charge on any atom is 1.00 e. The van der Waals surface area contributed by atoms with E-state index >= 15 is 0 Å². The second-order valence-corrected chi connectivity index (χ2v) is 4.70. The average molecular weight is 268 g/mol. The number of halogens is 1. The van der Waals surface area contributed by atoms with Gasteiger partial charge in [0, 0.05) is 0 Å². The van der Waals surface area contributed by atoms with Crippen LogP contribution in [0, 0.1) is 12.7 Å². The second-order valence-electron chi connectivity index (χ2n) is 3.25. The Morgan fingerprint density at radius 3 is 2.35 bits per heavy atom. The molecule has 0 fully saturated rings. The van der Waals surface area contributed by atoms with Gasteiger partial charge in [-0.05, 0) is 24.1 Å². The number of benzene rings is 1. The summed E-state index contributed by atoms with van der Waals surface area (Å²) in [5, 5.41) is -2.09. The zero-order chi connectivity index (χ0) is 12.5. The summed E-state index contributed by atoms with van der Waals surface area (Å²) in [7, 11) is -4.96. The third-order valence-corrected chi connectivity index (χ3v) is 3.08. The fraction of sp³-hybridized carbons (Fsp3) is 0.222. The Balaban J connectivity index is 0.00000256. The molecule has 0 aromatic heterocycles. The SMILES string of the molecule is Cc1cc(C(C([NH])=O)S(=O)(=O)[O-])ccc1F.[Na+]. The van der Waals surface area contributed by atoms with Crippen molar-refractivity contribution in [3.8, 4) is 0 Å². The third kappa shape index (κ3) is 4.04. The molecule has 1 atom stereocenters. The van der Waals surface area contributed by atoms with Crippen LogP contribution in [0.3, 0.4) is 0 Å². The Kier molecular flexibility index (Phi) is 5.76. The first-order valence-electron chi connectivity index (χ1n) is 4.19. The summed E-state index contributed by atoms with van der Waals surface area (Å²) >= 11 is 0. The molecule has 5 nitrogen and oxygen atoms in total. The Morgan fingerprint density at radius 2 is 2.00 bits per heavy atom. The van der Waals surface area contributed by atoms with Gasteiger partial charge in [-0.3, -0.25) is 10.5 Å². The molecule has 1 aromatic rings. The molecule has 1 rings (SSSR count). The molecule has 1 radical (unpaired) electrons. The summed E-state index contributed by atoms with van der Waals surface area (Å²) in [5.41, 5.74) is 6.66. The predicted molar refractivity (Wildman–Crippen MR) is 51.7 cm³/mol. The molecular weight excluding hydrogens is 260 g/mol. The Hall–Kier alpha value is -0.470. The average Bonchev–Trinajstić information content (AvgIpc) is 2.08. The van der Waals surface area contributed by atoms with Gasteiger partial charge in [0.25, 0.3) is 5.91 Å². The summed E-state index contributed by atoms with van der Waals surface area (Å²) in [5.74, 6) is -2.11. The molecule has 8 heteroatoms. The first-order valence-corrected chi connectivity index (χ1v) is 5.67. The van der Waals surface area contributed by atoms with Crippen molar-refractivity contribution in [3.63, 3.8) is 0 Å². The fourth-order valence-corrected chi connectivity index (χ4v) is 2.02. The zero-order valence-electron chi connectivity index (χ0n) is 9.23. The van der Waals surface area contributed by atoms with E-state index in [0.29, 0.717) is 0 Å². The van der Waals surface area contributed by atoms with Crippen LogP contribution < -0.4 is 35.3 Å². The number of aryl methyl sites for hydroxylation is 1. The molecule has 1 N–H and O–H groups in total. The Bertz CT molecular complexity index is 532. The summed E-state index contributed by atoms with van der Waals surface area (Å²) in [6.45, 7) is 1.36. The van der Waals surface area contributed by atoms with Gasteiger partial charge in [0.15, 0.2) is 5.25 Å². The molecule has 0 heterocycles. The van der Waals surface area contributed by atoms with Crippen molar-refractivity contribution >= 4 is 16.0 Å². The van der Waals surface area contributed by atoms with Crippen molar-refractivity contribution < 1.29 is 51.7 Å². The van der Waals surface area contributed by atoms with Crippen LogP contribution in [-0.4, -0.2) is 18.9 Å². The van der Waals surface area contributed by atoms with Crippen molar-refractivity contribution in [3.05, 3.63) is 35.1 Å². The van der Waals surface area contributed by atoms with E-state index in [1.54, 1.807) is 0 Å². The van der Waals surface area contributed by atoms with E-state index in [-0.39, 0.29) is 40.7 Å². The van der Waals surface area contributed by atoms with E-state index in [1.165, 1.54) is 6.92 Å². The van der Waals surface area contributed by atoms with Crippen LogP contribution >= 0.6 is 0 Å². The number of hydrogen-bond acceptors (Lipinski definition) is 4. The van der Waals surface area contributed by atoms with Crippen LogP contribution in [-0.2, 0) is 14.9 Å². The number of carbonyl (C=O) groups is 1. The van der Waals surface area contributed by atoms with Crippen molar-refractivity contribution in [1.82, 2.24) is 5.73 Å². The third-order valence-electron chi connectivity index (χ3n) is 2.01. The Labute approximate surface area is 120 Å². The number of carbonyl (C=O) groups excluding carboxylic acids is 1. The van der Waals surface area contributed by atoms with Gasteiger partial charge in [-0.15, -0.1) is 0 Å². The smallest absolute Gasteiger partial charge is 0.747 e. The van der Waals surface area contributed by atoms with E-state index in [1.807, 2.05) is 0 Å². The number of rotatable bonds is 3. The molecule has 17 heavy (non-hydrogen) atoms. The zero-order valence-corrected chi connectivity index (χ0v) is 12.0. The molecule has 0 aliphatic rings. The quantitative estimate of drug-likeness (QED) is 0.448. The van der Waals surface area contributed by atoms with Crippen LogP contribution in [0.4, 0.5) is 4.39 Å². The number of amides is 1. The van der Waals surface area contributed by atoms with E-state index in [0.717, 1.165) is 18.2 Å². The summed E-state index contributed by atoms with van der Waals surface area (Å²) in [4.78, 5) is 10.8. The van der Waals surface area contributed by atoms with Gasteiger partial charge in [-0.25, -0.2) is 12.8 Å². The van der Waals surface area contributed by atoms with Gasteiger partial charge in [0.2, 0.25) is 0 Å². The molecule has 0 saturated heterocycles. The molecule has 0 saturated carbocycles. The Morgan fingerprint density at radius 1 is 1.47 bits per heavy atom. The standard InChI is InChI=1S/C9H9FNO4S.Na/c1-5-4-6(2-3-7(5)10)8(9(11)12)16(13,14)15;/h2-4,8,11H,1H3,(H,13,14,15);/q;+1/p-1. The second kappa shape index (κ2) is 5.92. The molecule has 1 amide bonds. The van der Waals surface area contributed by atoms with Crippen molar-refractivity contribution in [2.24, 2.45) is 0 Å². The molecule has 0 aliphatic carbocycles. The van der Waals surface area contributed by atoms with Gasteiger partial charge >= 0.3 is 29.6 Å². The molecule has 1 aromatic carbocycles. The summed E-state index contributed by atoms with van der Waals surface area (Å²) in [6, 6.07) is 3.03. The minimum absolute atomic E-state index is 0. The topological polar surface area (TPSA) is 98.1 Å². The maximum absolute atomic E-state index is 12.9. The van der Waals surface area contributed by atoms with Gasteiger partial charge in [-0.1, -0.05) is 12.1 Å². The molecule has 0 bridgehead atoms. The predicted octanol–water partition coefficient (Wildman–Crippen LogP) is -2.47.